The van der Waals surface area contributed by atoms with E-state index in [0.29, 0.717) is 28.3 Å². The van der Waals surface area contributed by atoms with Gasteiger partial charge in [-0.1, -0.05) is 17.7 Å². The zero-order chi connectivity index (χ0) is 20.4. The lowest BCUT2D eigenvalue weighted by Gasteiger charge is -2.10. The van der Waals surface area contributed by atoms with E-state index in [2.05, 4.69) is 15.5 Å². The molecule has 0 saturated heterocycles. The number of methoxy groups -OCH3 is 2. The number of carbonyl (C=O) groups excluding carboxylic acids is 1. The molecule has 4 aromatic rings. The van der Waals surface area contributed by atoms with Gasteiger partial charge < -0.3 is 14.8 Å². The SMILES string of the molecule is COc1ccc(C(=O)Nc2ccc3nn(-c4ccc(C)cc4)nc3c2)c(OC)c1. The summed E-state index contributed by atoms with van der Waals surface area (Å²) in [4.78, 5) is 14.3. The maximum Gasteiger partial charge on any atom is 0.259 e. The average molecular weight is 388 g/mol. The number of anilines is 1. The third-order valence-electron chi connectivity index (χ3n) is 4.56. The van der Waals surface area contributed by atoms with Gasteiger partial charge in [0, 0.05) is 11.8 Å². The highest BCUT2D eigenvalue weighted by atomic mass is 16.5. The molecule has 0 fully saturated rings. The van der Waals surface area contributed by atoms with Crippen LogP contribution in [0.4, 0.5) is 5.69 Å². The maximum absolute atomic E-state index is 12.7. The highest BCUT2D eigenvalue weighted by Gasteiger charge is 2.14. The number of aryl methyl sites for hydroxylation is 1. The number of rotatable bonds is 5. The summed E-state index contributed by atoms with van der Waals surface area (Å²) >= 11 is 0. The van der Waals surface area contributed by atoms with Gasteiger partial charge in [-0.05, 0) is 49.4 Å². The van der Waals surface area contributed by atoms with Crippen molar-refractivity contribution in [1.82, 2.24) is 15.0 Å². The lowest BCUT2D eigenvalue weighted by Crippen LogP contribution is -2.13. The van der Waals surface area contributed by atoms with Crippen molar-refractivity contribution >= 4 is 22.6 Å². The number of hydrogen-bond donors (Lipinski definition) is 1. The average Bonchev–Trinajstić information content (AvgIpc) is 3.17. The van der Waals surface area contributed by atoms with Crippen LogP contribution in [-0.4, -0.2) is 35.1 Å². The maximum atomic E-state index is 12.7. The van der Waals surface area contributed by atoms with Gasteiger partial charge in [0.2, 0.25) is 0 Å². The van der Waals surface area contributed by atoms with E-state index in [1.54, 1.807) is 42.2 Å². The van der Waals surface area contributed by atoms with Gasteiger partial charge in [-0.25, -0.2) is 0 Å². The van der Waals surface area contributed by atoms with Crippen LogP contribution < -0.4 is 14.8 Å². The smallest absolute Gasteiger partial charge is 0.259 e. The molecule has 1 N–H and O–H groups in total. The third-order valence-corrected chi connectivity index (χ3v) is 4.56. The topological polar surface area (TPSA) is 78.3 Å². The Morgan fingerprint density at radius 1 is 0.897 bits per heavy atom. The Balaban J connectivity index is 1.60. The summed E-state index contributed by atoms with van der Waals surface area (Å²) in [7, 11) is 3.08. The highest BCUT2D eigenvalue weighted by molar-refractivity contribution is 6.06. The largest absolute Gasteiger partial charge is 0.497 e. The molecule has 0 unspecified atom stereocenters. The van der Waals surface area contributed by atoms with Gasteiger partial charge in [-0.15, -0.1) is 10.2 Å². The van der Waals surface area contributed by atoms with Crippen molar-refractivity contribution in [2.75, 3.05) is 19.5 Å². The Labute approximate surface area is 167 Å². The second kappa shape index (κ2) is 7.63. The normalized spacial score (nSPS) is 10.7. The van der Waals surface area contributed by atoms with Gasteiger partial charge in [0.05, 0.1) is 25.5 Å². The Kier molecular flexibility index (Phi) is 4.87. The Morgan fingerprint density at radius 2 is 1.66 bits per heavy atom. The second-order valence-electron chi connectivity index (χ2n) is 6.55. The minimum absolute atomic E-state index is 0.283. The number of benzene rings is 3. The van der Waals surface area contributed by atoms with Crippen LogP contribution in [0.1, 0.15) is 15.9 Å². The molecule has 1 heterocycles. The quantitative estimate of drug-likeness (QED) is 0.559. The van der Waals surface area contributed by atoms with Crippen molar-refractivity contribution in [2.24, 2.45) is 0 Å². The molecule has 1 amide bonds. The lowest BCUT2D eigenvalue weighted by molar-refractivity contribution is 0.102. The fraction of sp³-hybridized carbons (Fsp3) is 0.136. The molecular weight excluding hydrogens is 368 g/mol. The number of carbonyl (C=O) groups is 1. The van der Waals surface area contributed by atoms with Crippen molar-refractivity contribution in [2.45, 2.75) is 6.92 Å². The first-order valence-electron chi connectivity index (χ1n) is 9.05. The van der Waals surface area contributed by atoms with Gasteiger partial charge in [0.15, 0.2) is 0 Å². The first-order chi connectivity index (χ1) is 14.1. The number of nitrogens with zero attached hydrogens (tertiary/aromatic N) is 3. The Hall–Kier alpha value is -3.87. The minimum atomic E-state index is -0.283. The predicted octanol–water partition coefficient (Wildman–Crippen LogP) is 4.00. The van der Waals surface area contributed by atoms with E-state index in [9.17, 15) is 4.79 Å². The van der Waals surface area contributed by atoms with E-state index in [1.165, 1.54) is 12.7 Å². The van der Waals surface area contributed by atoms with E-state index >= 15 is 0 Å². The van der Waals surface area contributed by atoms with Crippen LogP contribution >= 0.6 is 0 Å². The summed E-state index contributed by atoms with van der Waals surface area (Å²) in [6.45, 7) is 2.03. The summed E-state index contributed by atoms with van der Waals surface area (Å²) in [6, 6.07) is 18.4. The molecule has 7 nitrogen and oxygen atoms in total. The van der Waals surface area contributed by atoms with Gasteiger partial charge in [0.25, 0.3) is 5.91 Å². The molecule has 0 spiro atoms. The van der Waals surface area contributed by atoms with Gasteiger partial charge in [-0.2, -0.15) is 4.80 Å². The molecule has 0 aliphatic heterocycles. The minimum Gasteiger partial charge on any atom is -0.497 e. The summed E-state index contributed by atoms with van der Waals surface area (Å²) in [6.07, 6.45) is 0. The molecular formula is C22H20N4O3. The number of aromatic nitrogens is 3. The first-order valence-corrected chi connectivity index (χ1v) is 9.05. The summed E-state index contributed by atoms with van der Waals surface area (Å²) in [5.74, 6) is 0.774. The number of ether oxygens (including phenoxy) is 2. The molecule has 7 heteroatoms. The molecule has 0 atom stereocenters. The van der Waals surface area contributed by atoms with Gasteiger partial charge in [0.1, 0.15) is 22.5 Å². The van der Waals surface area contributed by atoms with E-state index in [4.69, 9.17) is 9.47 Å². The monoisotopic (exact) mass is 388 g/mol. The first kappa shape index (κ1) is 18.5. The molecule has 146 valence electrons. The molecule has 3 aromatic carbocycles. The van der Waals surface area contributed by atoms with Crippen LogP contribution in [0.15, 0.2) is 60.7 Å². The van der Waals surface area contributed by atoms with Crippen molar-refractivity contribution in [3.05, 3.63) is 71.8 Å². The van der Waals surface area contributed by atoms with Crippen LogP contribution in [0.25, 0.3) is 16.7 Å². The number of hydrogen-bond acceptors (Lipinski definition) is 5. The zero-order valence-corrected chi connectivity index (χ0v) is 16.3. The molecule has 0 bridgehead atoms. The molecule has 0 saturated carbocycles. The van der Waals surface area contributed by atoms with E-state index in [-0.39, 0.29) is 5.91 Å². The third kappa shape index (κ3) is 3.75. The summed E-state index contributed by atoms with van der Waals surface area (Å²) in [5.41, 5.74) is 4.51. The van der Waals surface area contributed by atoms with Crippen molar-refractivity contribution < 1.29 is 14.3 Å². The molecule has 0 aliphatic rings. The van der Waals surface area contributed by atoms with E-state index in [1.807, 2.05) is 37.3 Å². The summed E-state index contributed by atoms with van der Waals surface area (Å²) < 4.78 is 10.5. The molecule has 0 radical (unpaired) electrons. The number of amides is 1. The zero-order valence-electron chi connectivity index (χ0n) is 16.3. The number of nitrogens with one attached hydrogen (secondary N) is 1. The van der Waals surface area contributed by atoms with E-state index < -0.39 is 0 Å². The van der Waals surface area contributed by atoms with Gasteiger partial charge >= 0.3 is 0 Å². The molecule has 0 aliphatic carbocycles. The molecule has 4 rings (SSSR count). The second-order valence-corrected chi connectivity index (χ2v) is 6.55. The standard InChI is InChI=1S/C22H20N4O3/c1-14-4-7-16(8-5-14)26-24-19-11-6-15(12-20(19)25-26)23-22(27)18-10-9-17(28-2)13-21(18)29-3/h4-13H,1-3H3,(H,23,27). The van der Waals surface area contributed by atoms with Crippen molar-refractivity contribution in [1.29, 1.82) is 0 Å². The molecule has 29 heavy (non-hydrogen) atoms. The van der Waals surface area contributed by atoms with Crippen molar-refractivity contribution in [3.63, 3.8) is 0 Å². The predicted molar refractivity (Wildman–Crippen MR) is 111 cm³/mol. The van der Waals surface area contributed by atoms with E-state index in [0.717, 1.165) is 11.2 Å². The lowest BCUT2D eigenvalue weighted by atomic mass is 10.1. The van der Waals surface area contributed by atoms with Crippen LogP contribution in [0.2, 0.25) is 0 Å². The highest BCUT2D eigenvalue weighted by Crippen LogP contribution is 2.26. The van der Waals surface area contributed by atoms with Crippen molar-refractivity contribution in [3.8, 4) is 17.2 Å². The number of fused-ring (bicyclic) bond motifs is 1. The van der Waals surface area contributed by atoms with Crippen LogP contribution in [0, 0.1) is 6.92 Å². The summed E-state index contributed by atoms with van der Waals surface area (Å²) in [5, 5.41) is 11.9. The van der Waals surface area contributed by atoms with Crippen LogP contribution in [0.3, 0.4) is 0 Å². The van der Waals surface area contributed by atoms with Gasteiger partial charge in [-0.3, -0.25) is 4.79 Å². The fourth-order valence-corrected chi connectivity index (χ4v) is 2.97. The Morgan fingerprint density at radius 3 is 2.38 bits per heavy atom. The fourth-order valence-electron chi connectivity index (χ4n) is 2.97. The Bertz CT molecular complexity index is 1180. The van der Waals surface area contributed by atoms with Crippen LogP contribution in [-0.2, 0) is 0 Å². The molecule has 1 aromatic heterocycles. The van der Waals surface area contributed by atoms with Crippen LogP contribution in [0.5, 0.6) is 11.5 Å².